The van der Waals surface area contributed by atoms with Crippen LogP contribution in [0.5, 0.6) is 0 Å². The highest BCUT2D eigenvalue weighted by Gasteiger charge is 1.96. The molecule has 0 fully saturated rings. The third-order valence-electron chi connectivity index (χ3n) is 1.94. The predicted octanol–water partition coefficient (Wildman–Crippen LogP) is 0.551. The lowest BCUT2D eigenvalue weighted by Gasteiger charge is -2.06. The Bertz CT molecular complexity index is 332. The molecule has 0 aliphatic heterocycles. The van der Waals surface area contributed by atoms with Gasteiger partial charge in [0, 0.05) is 25.5 Å². The van der Waals surface area contributed by atoms with Gasteiger partial charge in [0.15, 0.2) is 0 Å². The number of nitrogens with one attached hydrogen (secondary N) is 1. The van der Waals surface area contributed by atoms with Gasteiger partial charge in [-0.15, -0.1) is 0 Å². The van der Waals surface area contributed by atoms with E-state index in [0.717, 1.165) is 25.1 Å². The number of rotatable bonds is 5. The fourth-order valence-corrected chi connectivity index (χ4v) is 1.23. The fourth-order valence-electron chi connectivity index (χ4n) is 1.23. The van der Waals surface area contributed by atoms with E-state index in [1.807, 2.05) is 13.1 Å². The van der Waals surface area contributed by atoms with Gasteiger partial charge in [-0.05, 0) is 25.5 Å². The lowest BCUT2D eigenvalue weighted by Crippen LogP contribution is -2.28. The molecule has 0 aromatic carbocycles. The van der Waals surface area contributed by atoms with Crippen LogP contribution < -0.4 is 11.0 Å². The van der Waals surface area contributed by atoms with Crippen molar-refractivity contribution in [3.63, 3.8) is 0 Å². The fraction of sp³-hybridized carbons (Fsp3) is 0.600. The average Bonchev–Trinajstić information content (AvgIpc) is 2.18. The number of aromatic nitrogens is 2. The van der Waals surface area contributed by atoms with Crippen molar-refractivity contribution in [3.8, 4) is 0 Å². The van der Waals surface area contributed by atoms with Crippen LogP contribution in [0.25, 0.3) is 0 Å². The summed E-state index contributed by atoms with van der Waals surface area (Å²) in [5.74, 6) is 0. The molecule has 0 saturated carbocycles. The van der Waals surface area contributed by atoms with E-state index >= 15 is 0 Å². The monoisotopic (exact) mass is 195 g/mol. The van der Waals surface area contributed by atoms with Crippen molar-refractivity contribution in [2.75, 3.05) is 13.1 Å². The maximum Gasteiger partial charge on any atom is 0.347 e. The number of aryl methyl sites for hydroxylation is 1. The Morgan fingerprint density at radius 1 is 1.50 bits per heavy atom. The Morgan fingerprint density at radius 2 is 2.29 bits per heavy atom. The molecule has 14 heavy (non-hydrogen) atoms. The molecule has 0 aliphatic rings. The quantitative estimate of drug-likeness (QED) is 0.698. The van der Waals surface area contributed by atoms with Crippen LogP contribution in [0.15, 0.2) is 17.2 Å². The first kappa shape index (κ1) is 10.9. The summed E-state index contributed by atoms with van der Waals surface area (Å²) in [7, 11) is 0. The van der Waals surface area contributed by atoms with E-state index in [1.165, 1.54) is 0 Å². The van der Waals surface area contributed by atoms with Crippen LogP contribution in [0.3, 0.4) is 0 Å². The zero-order valence-corrected chi connectivity index (χ0v) is 8.79. The van der Waals surface area contributed by atoms with E-state index in [2.05, 4.69) is 17.2 Å². The van der Waals surface area contributed by atoms with Crippen molar-refractivity contribution in [1.29, 1.82) is 0 Å². The molecule has 1 aromatic rings. The first-order chi connectivity index (χ1) is 6.74. The van der Waals surface area contributed by atoms with Crippen molar-refractivity contribution < 1.29 is 0 Å². The van der Waals surface area contributed by atoms with Crippen LogP contribution in [0, 0.1) is 6.92 Å². The van der Waals surface area contributed by atoms with E-state index < -0.39 is 0 Å². The largest absolute Gasteiger partial charge is 0.347 e. The molecular weight excluding hydrogens is 178 g/mol. The second kappa shape index (κ2) is 5.54. The van der Waals surface area contributed by atoms with Gasteiger partial charge < -0.3 is 5.32 Å². The van der Waals surface area contributed by atoms with Crippen molar-refractivity contribution in [3.05, 3.63) is 28.4 Å². The molecule has 0 spiro atoms. The molecule has 1 heterocycles. The highest BCUT2D eigenvalue weighted by Crippen LogP contribution is 1.88. The highest BCUT2D eigenvalue weighted by molar-refractivity contribution is 4.99. The summed E-state index contributed by atoms with van der Waals surface area (Å²) >= 11 is 0. The van der Waals surface area contributed by atoms with Crippen LogP contribution >= 0.6 is 0 Å². The van der Waals surface area contributed by atoms with Gasteiger partial charge in [-0.3, -0.25) is 4.57 Å². The molecule has 0 atom stereocenters. The Morgan fingerprint density at radius 3 is 3.00 bits per heavy atom. The number of nitrogens with zero attached hydrogens (tertiary/aromatic N) is 2. The molecule has 1 aromatic heterocycles. The third-order valence-corrected chi connectivity index (χ3v) is 1.94. The molecule has 1 rings (SSSR count). The van der Waals surface area contributed by atoms with Gasteiger partial charge in [0.25, 0.3) is 0 Å². The first-order valence-electron chi connectivity index (χ1n) is 4.98. The minimum absolute atomic E-state index is 0.172. The van der Waals surface area contributed by atoms with Crippen molar-refractivity contribution in [1.82, 2.24) is 14.9 Å². The SMILES string of the molecule is CCCNCCn1cc(C)cnc1=O. The molecule has 0 unspecified atom stereocenters. The zero-order valence-electron chi connectivity index (χ0n) is 8.79. The van der Waals surface area contributed by atoms with Crippen molar-refractivity contribution >= 4 is 0 Å². The molecule has 1 N–H and O–H groups in total. The lowest BCUT2D eigenvalue weighted by atomic mass is 10.4. The Labute approximate surface area is 84.0 Å². The van der Waals surface area contributed by atoms with Gasteiger partial charge in [-0.25, -0.2) is 9.78 Å². The number of hydrogen-bond acceptors (Lipinski definition) is 3. The standard InChI is InChI=1S/C10H17N3O/c1-3-4-11-5-6-13-8-9(2)7-12-10(13)14/h7-8,11H,3-6H2,1-2H3. The molecule has 0 amide bonds. The Kier molecular flexibility index (Phi) is 4.32. The second-order valence-electron chi connectivity index (χ2n) is 3.36. The van der Waals surface area contributed by atoms with E-state index in [-0.39, 0.29) is 5.69 Å². The zero-order chi connectivity index (χ0) is 10.4. The van der Waals surface area contributed by atoms with Crippen LogP contribution in [-0.4, -0.2) is 22.6 Å². The van der Waals surface area contributed by atoms with Gasteiger partial charge >= 0.3 is 5.69 Å². The van der Waals surface area contributed by atoms with E-state index in [9.17, 15) is 4.79 Å². The van der Waals surface area contributed by atoms with Crippen LogP contribution in [0.2, 0.25) is 0 Å². The molecule has 0 aliphatic carbocycles. The molecule has 78 valence electrons. The van der Waals surface area contributed by atoms with Gasteiger partial charge in [-0.1, -0.05) is 6.92 Å². The molecule has 0 saturated heterocycles. The highest BCUT2D eigenvalue weighted by atomic mass is 16.1. The van der Waals surface area contributed by atoms with Gasteiger partial charge in [-0.2, -0.15) is 0 Å². The summed E-state index contributed by atoms with van der Waals surface area (Å²) < 4.78 is 1.64. The smallest absolute Gasteiger partial charge is 0.315 e. The number of hydrogen-bond donors (Lipinski definition) is 1. The minimum Gasteiger partial charge on any atom is -0.315 e. The maximum absolute atomic E-state index is 11.3. The topological polar surface area (TPSA) is 46.9 Å². The summed E-state index contributed by atoms with van der Waals surface area (Å²) in [5, 5.41) is 3.24. The predicted molar refractivity (Wildman–Crippen MR) is 56.4 cm³/mol. The summed E-state index contributed by atoms with van der Waals surface area (Å²) in [6.45, 7) is 6.55. The second-order valence-corrected chi connectivity index (χ2v) is 3.36. The third kappa shape index (κ3) is 3.30. The molecule has 0 radical (unpaired) electrons. The Balaban J connectivity index is 2.49. The summed E-state index contributed by atoms with van der Waals surface area (Å²) in [5.41, 5.74) is 0.842. The van der Waals surface area contributed by atoms with E-state index in [1.54, 1.807) is 10.8 Å². The van der Waals surface area contributed by atoms with E-state index in [4.69, 9.17) is 0 Å². The lowest BCUT2D eigenvalue weighted by molar-refractivity contribution is 0.572. The summed E-state index contributed by atoms with van der Waals surface area (Å²) in [6.07, 6.45) is 4.54. The molecule has 0 bridgehead atoms. The average molecular weight is 195 g/mol. The minimum atomic E-state index is -0.172. The van der Waals surface area contributed by atoms with Crippen LogP contribution in [-0.2, 0) is 6.54 Å². The first-order valence-corrected chi connectivity index (χ1v) is 4.98. The maximum atomic E-state index is 11.3. The van der Waals surface area contributed by atoms with Gasteiger partial charge in [0.05, 0.1) is 0 Å². The molecule has 4 heteroatoms. The van der Waals surface area contributed by atoms with Gasteiger partial charge in [0.1, 0.15) is 0 Å². The van der Waals surface area contributed by atoms with Crippen molar-refractivity contribution in [2.45, 2.75) is 26.8 Å². The van der Waals surface area contributed by atoms with Crippen LogP contribution in [0.1, 0.15) is 18.9 Å². The van der Waals surface area contributed by atoms with Crippen molar-refractivity contribution in [2.24, 2.45) is 0 Å². The summed E-state index contributed by atoms with van der Waals surface area (Å²) in [6, 6.07) is 0. The normalized spacial score (nSPS) is 10.4. The molecular formula is C10H17N3O. The summed E-state index contributed by atoms with van der Waals surface area (Å²) in [4.78, 5) is 15.0. The van der Waals surface area contributed by atoms with Gasteiger partial charge in [0.2, 0.25) is 0 Å². The Hall–Kier alpha value is -1.16. The van der Waals surface area contributed by atoms with E-state index in [0.29, 0.717) is 6.54 Å². The van der Waals surface area contributed by atoms with Crippen LogP contribution in [0.4, 0.5) is 0 Å². The molecule has 4 nitrogen and oxygen atoms in total.